The summed E-state index contributed by atoms with van der Waals surface area (Å²) in [5, 5.41) is 2.01. The lowest BCUT2D eigenvalue weighted by Crippen LogP contribution is -2.21. The molecule has 0 aliphatic heterocycles. The highest BCUT2D eigenvalue weighted by molar-refractivity contribution is 7.91. The van der Waals surface area contributed by atoms with Crippen LogP contribution in [0.4, 0.5) is 32.2 Å². The third-order valence-electron chi connectivity index (χ3n) is 3.44. The molecule has 0 spiro atoms. The van der Waals surface area contributed by atoms with Crippen molar-refractivity contribution in [3.8, 4) is 0 Å². The Morgan fingerprint density at radius 3 is 2.04 bits per heavy atom. The first-order valence-corrected chi connectivity index (χ1v) is 9.05. The monoisotopic (exact) mass is 427 g/mol. The van der Waals surface area contributed by atoms with Gasteiger partial charge in [-0.2, -0.15) is 26.3 Å². The van der Waals surface area contributed by atoms with Crippen LogP contribution in [0.3, 0.4) is 0 Å². The van der Waals surface area contributed by atoms with E-state index in [0.717, 1.165) is 13.0 Å². The predicted molar refractivity (Wildman–Crippen MR) is 84.2 cm³/mol. The zero-order valence-electron chi connectivity index (χ0n) is 13.9. The van der Waals surface area contributed by atoms with E-state index in [0.29, 0.717) is 12.3 Å². The van der Waals surface area contributed by atoms with E-state index in [1.165, 1.54) is 0 Å². The molecule has 152 valence electrons. The summed E-state index contributed by atoms with van der Waals surface area (Å²) in [5.74, 6) is -2.22. The molecule has 0 aromatic carbocycles. The van der Waals surface area contributed by atoms with Crippen LogP contribution in [0.2, 0.25) is 0 Å². The Bertz CT molecular complexity index is 986. The molecule has 2 rings (SSSR count). The Labute approximate surface area is 154 Å². The van der Waals surface area contributed by atoms with Crippen LogP contribution in [-0.2, 0) is 22.2 Å². The van der Waals surface area contributed by atoms with Gasteiger partial charge in [-0.25, -0.2) is 18.4 Å². The number of carbonyl (C=O) groups excluding carboxylic acids is 1. The normalized spacial score (nSPS) is 12.7. The maximum atomic E-state index is 12.8. The van der Waals surface area contributed by atoms with Crippen molar-refractivity contribution >= 4 is 21.6 Å². The fraction of sp³-hybridized carbons (Fsp3) is 0.267. The number of hydrogen-bond donors (Lipinski definition) is 1. The van der Waals surface area contributed by atoms with Crippen LogP contribution in [0.15, 0.2) is 35.5 Å². The molecule has 0 saturated heterocycles. The molecular weight excluding hydrogens is 416 g/mol. The summed E-state index contributed by atoms with van der Waals surface area (Å²) < 4.78 is 100. The van der Waals surface area contributed by atoms with E-state index in [4.69, 9.17) is 0 Å². The van der Waals surface area contributed by atoms with Crippen molar-refractivity contribution in [1.29, 1.82) is 0 Å². The molecule has 1 amide bonds. The van der Waals surface area contributed by atoms with Gasteiger partial charge in [-0.1, -0.05) is 6.92 Å². The van der Waals surface area contributed by atoms with E-state index < -0.39 is 55.6 Å². The molecule has 2 heterocycles. The summed E-state index contributed by atoms with van der Waals surface area (Å²) in [6, 6.07) is 1.70. The molecule has 1 N–H and O–H groups in total. The average Bonchev–Trinajstić information content (AvgIpc) is 2.60. The Morgan fingerprint density at radius 1 is 1.00 bits per heavy atom. The highest BCUT2D eigenvalue weighted by Gasteiger charge is 2.35. The number of anilines is 1. The summed E-state index contributed by atoms with van der Waals surface area (Å²) in [4.78, 5) is 18.0. The smallest absolute Gasteiger partial charge is 0.305 e. The van der Waals surface area contributed by atoms with Crippen molar-refractivity contribution in [2.45, 2.75) is 24.2 Å². The van der Waals surface area contributed by atoms with E-state index in [2.05, 4.69) is 9.97 Å². The number of rotatable bonds is 4. The second-order valence-electron chi connectivity index (χ2n) is 5.36. The summed E-state index contributed by atoms with van der Waals surface area (Å²) in [7, 11) is -4.27. The highest BCUT2D eigenvalue weighted by Crippen LogP contribution is 2.32. The molecular formula is C15H11F6N3O3S. The SMILES string of the molecule is CCS(=O)(=O)c1cc(C(F)(F)F)cnc1C(=O)Nc1ccc(C(F)(F)F)cn1. The van der Waals surface area contributed by atoms with Gasteiger partial charge in [0.05, 0.1) is 21.8 Å². The van der Waals surface area contributed by atoms with Crippen LogP contribution in [0.5, 0.6) is 0 Å². The van der Waals surface area contributed by atoms with Gasteiger partial charge in [0.2, 0.25) is 0 Å². The largest absolute Gasteiger partial charge is 0.417 e. The van der Waals surface area contributed by atoms with Crippen molar-refractivity contribution in [3.05, 3.63) is 47.4 Å². The van der Waals surface area contributed by atoms with E-state index in [9.17, 15) is 39.6 Å². The lowest BCUT2D eigenvalue weighted by molar-refractivity contribution is -0.138. The molecule has 13 heteroatoms. The number of halogens is 6. The quantitative estimate of drug-likeness (QED) is 0.754. The molecule has 0 unspecified atom stereocenters. The zero-order chi connectivity index (χ0) is 21.3. The fourth-order valence-electron chi connectivity index (χ4n) is 1.97. The van der Waals surface area contributed by atoms with Gasteiger partial charge in [0.1, 0.15) is 11.5 Å². The van der Waals surface area contributed by atoms with Crippen molar-refractivity contribution in [2.24, 2.45) is 0 Å². The standard InChI is InChI=1S/C15H11F6N3O3S/c1-2-28(26,27)10-5-9(15(19,20)21)7-23-12(10)13(25)24-11-4-3-8(6-22-11)14(16,17)18/h3-7H,2H2,1H3,(H,22,24,25). The number of alkyl halides is 6. The molecule has 2 aromatic heterocycles. The Hall–Kier alpha value is -2.70. The number of amides is 1. The van der Waals surface area contributed by atoms with Crippen LogP contribution >= 0.6 is 0 Å². The van der Waals surface area contributed by atoms with E-state index in [1.807, 2.05) is 5.32 Å². The van der Waals surface area contributed by atoms with Gasteiger partial charge in [-0.05, 0) is 18.2 Å². The van der Waals surface area contributed by atoms with Crippen LogP contribution < -0.4 is 5.32 Å². The fourth-order valence-corrected chi connectivity index (χ4v) is 3.03. The zero-order valence-corrected chi connectivity index (χ0v) is 14.7. The molecule has 2 aromatic rings. The minimum atomic E-state index is -4.89. The van der Waals surface area contributed by atoms with Crippen molar-refractivity contribution < 1.29 is 39.6 Å². The maximum Gasteiger partial charge on any atom is 0.417 e. The molecule has 0 aliphatic carbocycles. The second-order valence-corrected chi connectivity index (χ2v) is 7.60. The van der Waals surface area contributed by atoms with E-state index >= 15 is 0 Å². The first kappa shape index (κ1) is 21.6. The van der Waals surface area contributed by atoms with Crippen molar-refractivity contribution in [3.63, 3.8) is 0 Å². The molecule has 0 saturated carbocycles. The summed E-state index contributed by atoms with van der Waals surface area (Å²) in [6.45, 7) is 1.16. The Morgan fingerprint density at radius 2 is 1.57 bits per heavy atom. The predicted octanol–water partition coefficient (Wildman–Crippen LogP) is 3.56. The van der Waals surface area contributed by atoms with Crippen LogP contribution in [0.25, 0.3) is 0 Å². The minimum absolute atomic E-state index is 0.279. The Kier molecular flexibility index (Phi) is 5.69. The van der Waals surface area contributed by atoms with Gasteiger partial charge in [0.25, 0.3) is 5.91 Å². The topological polar surface area (TPSA) is 89.0 Å². The third kappa shape index (κ3) is 4.77. The lowest BCUT2D eigenvalue weighted by Gasteiger charge is -2.13. The number of nitrogens with one attached hydrogen (secondary N) is 1. The van der Waals surface area contributed by atoms with Crippen LogP contribution in [0.1, 0.15) is 28.5 Å². The molecule has 6 nitrogen and oxygen atoms in total. The number of pyridine rings is 2. The van der Waals surface area contributed by atoms with Gasteiger partial charge in [0.15, 0.2) is 9.84 Å². The molecule has 0 atom stereocenters. The van der Waals surface area contributed by atoms with Gasteiger partial charge in [-0.15, -0.1) is 0 Å². The number of carbonyl (C=O) groups is 1. The van der Waals surface area contributed by atoms with Gasteiger partial charge < -0.3 is 5.32 Å². The van der Waals surface area contributed by atoms with Gasteiger partial charge >= 0.3 is 12.4 Å². The van der Waals surface area contributed by atoms with E-state index in [1.54, 1.807) is 0 Å². The maximum absolute atomic E-state index is 12.8. The summed E-state index contributed by atoms with van der Waals surface area (Å²) >= 11 is 0. The molecule has 0 aliphatic rings. The third-order valence-corrected chi connectivity index (χ3v) is 5.18. The average molecular weight is 427 g/mol. The first-order chi connectivity index (χ1) is 12.8. The number of sulfone groups is 1. The van der Waals surface area contributed by atoms with Gasteiger partial charge in [-0.3, -0.25) is 4.79 Å². The van der Waals surface area contributed by atoms with Crippen molar-refractivity contribution in [1.82, 2.24) is 9.97 Å². The summed E-state index contributed by atoms with van der Waals surface area (Å²) in [5.41, 5.74) is -3.30. The minimum Gasteiger partial charge on any atom is -0.305 e. The van der Waals surface area contributed by atoms with Crippen molar-refractivity contribution in [2.75, 3.05) is 11.1 Å². The second kappa shape index (κ2) is 7.37. The lowest BCUT2D eigenvalue weighted by atomic mass is 10.2. The first-order valence-electron chi connectivity index (χ1n) is 7.40. The van der Waals surface area contributed by atoms with Crippen LogP contribution in [-0.4, -0.2) is 30.0 Å². The van der Waals surface area contributed by atoms with Gasteiger partial charge in [0, 0.05) is 12.4 Å². The van der Waals surface area contributed by atoms with Crippen LogP contribution in [0, 0.1) is 0 Å². The van der Waals surface area contributed by atoms with E-state index in [-0.39, 0.29) is 18.1 Å². The number of nitrogens with zero attached hydrogens (tertiary/aromatic N) is 2. The number of hydrogen-bond acceptors (Lipinski definition) is 5. The summed E-state index contributed by atoms with van der Waals surface area (Å²) in [6.07, 6.45) is -8.84. The highest BCUT2D eigenvalue weighted by atomic mass is 32.2. The molecule has 0 bridgehead atoms. The molecule has 0 fully saturated rings. The Balaban J connectivity index is 2.42. The molecule has 28 heavy (non-hydrogen) atoms. The molecule has 0 radical (unpaired) electrons. The number of aromatic nitrogens is 2.